The molecule has 2 aromatic heterocycles. The molecule has 4 rings (SSSR count). The van der Waals surface area contributed by atoms with E-state index in [-0.39, 0.29) is 37.6 Å². The number of nitrogens with zero attached hydrogens (tertiary/aromatic N) is 2. The fourth-order valence-corrected chi connectivity index (χ4v) is 4.13. The normalized spacial score (nSPS) is 10.6. The highest BCUT2D eigenvalue weighted by Crippen LogP contribution is 2.34. The van der Waals surface area contributed by atoms with Crippen molar-refractivity contribution in [3.05, 3.63) is 102 Å². The van der Waals surface area contributed by atoms with E-state index in [1.807, 2.05) is 0 Å². The Morgan fingerprint density at radius 2 is 1.08 bits per heavy atom. The largest absolute Gasteiger partial charge is 0.477 e. The highest BCUT2D eigenvalue weighted by atomic mass is 35.5. The average Bonchev–Trinajstić information content (AvgIpc) is 2.88. The van der Waals surface area contributed by atoms with Gasteiger partial charge in [-0.3, -0.25) is 0 Å². The van der Waals surface area contributed by atoms with Crippen LogP contribution in [0.3, 0.4) is 0 Å². The topological polar surface area (TPSA) is 89.4 Å². The van der Waals surface area contributed by atoms with Crippen molar-refractivity contribution in [2.45, 2.75) is 20.0 Å². The van der Waals surface area contributed by atoms with E-state index in [0.717, 1.165) is 0 Å². The molecule has 0 aliphatic carbocycles. The first-order valence-electron chi connectivity index (χ1n) is 11.1. The first-order valence-corrected chi connectivity index (χ1v) is 13.3. The van der Waals surface area contributed by atoms with E-state index in [4.69, 9.17) is 79.4 Å². The molecule has 0 atom stereocenters. The number of hydrogen-bond donors (Lipinski definition) is 1. The summed E-state index contributed by atoms with van der Waals surface area (Å²) in [4.78, 5) is 31.1. The van der Waals surface area contributed by atoms with Crippen LogP contribution in [0.5, 0.6) is 0 Å². The summed E-state index contributed by atoms with van der Waals surface area (Å²) in [5.74, 6) is -1.71. The number of pyridine rings is 2. The number of benzene rings is 2. The van der Waals surface area contributed by atoms with Crippen molar-refractivity contribution in [1.82, 2.24) is 9.97 Å². The van der Waals surface area contributed by atoms with Crippen molar-refractivity contribution >= 4 is 81.5 Å². The number of halogens is 6. The molecule has 12 heteroatoms. The molecule has 1 N–H and O–H groups in total. The zero-order valence-corrected chi connectivity index (χ0v) is 24.7. The van der Waals surface area contributed by atoms with Gasteiger partial charge in [0, 0.05) is 21.2 Å². The molecular formula is C27H18Cl6N2O4. The van der Waals surface area contributed by atoms with Crippen molar-refractivity contribution in [1.29, 1.82) is 0 Å². The summed E-state index contributed by atoms with van der Waals surface area (Å²) in [6, 6.07) is 16.3. The Morgan fingerprint density at radius 3 is 1.46 bits per heavy atom. The monoisotopic (exact) mass is 644 g/mol. The van der Waals surface area contributed by atoms with E-state index in [0.29, 0.717) is 32.6 Å². The van der Waals surface area contributed by atoms with Gasteiger partial charge in [-0.1, -0.05) is 93.9 Å². The minimum Gasteiger partial charge on any atom is -0.477 e. The lowest BCUT2D eigenvalue weighted by Gasteiger charge is -2.11. The van der Waals surface area contributed by atoms with Gasteiger partial charge in [-0.05, 0) is 50.2 Å². The van der Waals surface area contributed by atoms with Crippen LogP contribution >= 0.6 is 69.6 Å². The van der Waals surface area contributed by atoms with E-state index >= 15 is 0 Å². The Labute approximate surface area is 254 Å². The number of aromatic carboxylic acids is 1. The lowest BCUT2D eigenvalue weighted by Crippen LogP contribution is -2.13. The Morgan fingerprint density at radius 1 is 0.692 bits per heavy atom. The Hall–Kier alpha value is -2.58. The van der Waals surface area contributed by atoms with Gasteiger partial charge in [0.25, 0.3) is 0 Å². The van der Waals surface area contributed by atoms with Gasteiger partial charge in [-0.2, -0.15) is 0 Å². The molecule has 0 amide bonds. The number of ether oxygens (including phenoxy) is 1. The number of carboxylic acids is 1. The van der Waals surface area contributed by atoms with Crippen molar-refractivity contribution in [2.75, 3.05) is 0 Å². The predicted octanol–water partition coefficient (Wildman–Crippen LogP) is 9.68. The maximum atomic E-state index is 11.9. The molecule has 0 unspecified atom stereocenters. The molecule has 2 aromatic carbocycles. The van der Waals surface area contributed by atoms with Gasteiger partial charge in [0.1, 0.15) is 5.69 Å². The molecule has 0 saturated carbocycles. The third-order valence-corrected chi connectivity index (χ3v) is 6.89. The van der Waals surface area contributed by atoms with E-state index < -0.39 is 11.9 Å². The molecule has 6 nitrogen and oxygen atoms in total. The van der Waals surface area contributed by atoms with Crippen LogP contribution in [-0.2, 0) is 4.74 Å². The molecule has 0 spiro atoms. The molecule has 4 aromatic rings. The van der Waals surface area contributed by atoms with Crippen LogP contribution in [0.4, 0.5) is 0 Å². The number of carbonyl (C=O) groups is 2. The van der Waals surface area contributed by atoms with Crippen LogP contribution < -0.4 is 0 Å². The Kier molecular flexibility index (Phi) is 10.8. The van der Waals surface area contributed by atoms with Gasteiger partial charge in [-0.15, -0.1) is 0 Å². The van der Waals surface area contributed by atoms with Crippen LogP contribution in [0.1, 0.15) is 34.8 Å². The van der Waals surface area contributed by atoms with E-state index in [1.165, 1.54) is 12.1 Å². The third-order valence-electron chi connectivity index (χ3n) is 4.83. The molecule has 202 valence electrons. The molecular weight excluding hydrogens is 629 g/mol. The van der Waals surface area contributed by atoms with Crippen molar-refractivity contribution < 1.29 is 19.4 Å². The van der Waals surface area contributed by atoms with Gasteiger partial charge in [0.2, 0.25) is 0 Å². The third kappa shape index (κ3) is 8.21. The van der Waals surface area contributed by atoms with Crippen LogP contribution in [0.2, 0.25) is 30.1 Å². The molecule has 39 heavy (non-hydrogen) atoms. The summed E-state index contributed by atoms with van der Waals surface area (Å²) in [5, 5.41) is 11.0. The smallest absolute Gasteiger partial charge is 0.357 e. The van der Waals surface area contributed by atoms with Crippen LogP contribution in [0, 0.1) is 0 Å². The first kappa shape index (κ1) is 31.0. The van der Waals surface area contributed by atoms with Crippen LogP contribution in [-0.4, -0.2) is 33.1 Å². The Bertz CT molecular complexity index is 1510. The van der Waals surface area contributed by atoms with Crippen LogP contribution in [0.15, 0.2) is 60.7 Å². The lowest BCUT2D eigenvalue weighted by atomic mass is 10.1. The Balaban J connectivity index is 0.000000218. The highest BCUT2D eigenvalue weighted by Gasteiger charge is 2.18. The molecule has 0 aliphatic rings. The summed E-state index contributed by atoms with van der Waals surface area (Å²) >= 11 is 35.8. The van der Waals surface area contributed by atoms with Gasteiger partial charge >= 0.3 is 11.9 Å². The number of rotatable bonds is 5. The van der Waals surface area contributed by atoms with Gasteiger partial charge < -0.3 is 9.84 Å². The standard InChI is InChI=1S/C15H12Cl3NO2.C12H6Cl3NO2/c1-8(2)21-15(20)12-7-11(17)13(18)14(19-12)9-3-5-10(16)6-4-9;13-7-3-1-6(2-4-7)11-10(15)8(14)5-9(16-11)12(17)18/h3-8H,1-2H3;1-5H,(H,17,18). The van der Waals surface area contributed by atoms with Gasteiger partial charge in [0.05, 0.1) is 37.6 Å². The molecule has 0 aliphatic heterocycles. The van der Waals surface area contributed by atoms with Crippen molar-refractivity contribution in [3.63, 3.8) is 0 Å². The van der Waals surface area contributed by atoms with E-state index in [2.05, 4.69) is 9.97 Å². The van der Waals surface area contributed by atoms with Crippen molar-refractivity contribution in [2.24, 2.45) is 0 Å². The summed E-state index contributed by atoms with van der Waals surface area (Å²) in [5.41, 5.74) is 2.05. The molecule has 0 fully saturated rings. The molecule has 0 bridgehead atoms. The van der Waals surface area contributed by atoms with Gasteiger partial charge in [-0.25, -0.2) is 19.6 Å². The average molecular weight is 647 g/mol. The number of aromatic nitrogens is 2. The highest BCUT2D eigenvalue weighted by molar-refractivity contribution is 6.44. The van der Waals surface area contributed by atoms with Gasteiger partial charge in [0.15, 0.2) is 5.69 Å². The second-order valence-corrected chi connectivity index (χ2v) is 10.5. The summed E-state index contributed by atoms with van der Waals surface area (Å²) in [6.45, 7) is 3.52. The first-order chi connectivity index (χ1) is 18.4. The number of carboxylic acid groups (broad SMARTS) is 1. The summed E-state index contributed by atoms with van der Waals surface area (Å²) in [7, 11) is 0. The minimum atomic E-state index is -1.16. The van der Waals surface area contributed by atoms with Crippen molar-refractivity contribution in [3.8, 4) is 22.5 Å². The molecule has 0 saturated heterocycles. The summed E-state index contributed by atoms with van der Waals surface area (Å²) < 4.78 is 5.12. The maximum Gasteiger partial charge on any atom is 0.357 e. The molecule has 0 radical (unpaired) electrons. The van der Waals surface area contributed by atoms with Crippen LogP contribution in [0.25, 0.3) is 22.5 Å². The fraction of sp³-hybridized carbons (Fsp3) is 0.111. The quantitative estimate of drug-likeness (QED) is 0.217. The van der Waals surface area contributed by atoms with E-state index in [1.54, 1.807) is 62.4 Å². The second kappa shape index (κ2) is 13.7. The predicted molar refractivity (Wildman–Crippen MR) is 157 cm³/mol. The zero-order chi connectivity index (χ0) is 28.9. The number of hydrogen-bond acceptors (Lipinski definition) is 5. The maximum absolute atomic E-state index is 11.9. The zero-order valence-electron chi connectivity index (χ0n) is 20.2. The minimum absolute atomic E-state index is 0.114. The second-order valence-electron chi connectivity index (χ2n) is 8.08. The summed E-state index contributed by atoms with van der Waals surface area (Å²) in [6.07, 6.45) is -0.243. The van der Waals surface area contributed by atoms with E-state index in [9.17, 15) is 9.59 Å². The molecule has 2 heterocycles. The lowest BCUT2D eigenvalue weighted by molar-refractivity contribution is 0.0370. The fourth-order valence-electron chi connectivity index (χ4n) is 3.08. The number of carbonyl (C=O) groups excluding carboxylic acids is 1. The number of esters is 1. The SMILES string of the molecule is CC(C)OC(=O)c1cc(Cl)c(Cl)c(-c2ccc(Cl)cc2)n1.O=C(O)c1cc(Cl)c(Cl)c(-c2ccc(Cl)cc2)n1.